The minimum Gasteiger partial charge on any atom is -0.377 e. The quantitative estimate of drug-likeness (QED) is 0.633. The first kappa shape index (κ1) is 16.8. The van der Waals surface area contributed by atoms with E-state index in [0.717, 1.165) is 40.5 Å². The Labute approximate surface area is 161 Å². The van der Waals surface area contributed by atoms with Crippen LogP contribution >= 0.6 is 11.3 Å². The van der Waals surface area contributed by atoms with Gasteiger partial charge in [-0.1, -0.05) is 17.8 Å². The van der Waals surface area contributed by atoms with Gasteiger partial charge < -0.3 is 14.5 Å². The highest BCUT2D eigenvalue weighted by Gasteiger charge is 2.33. The topological polar surface area (TPSA) is 84.6 Å². The van der Waals surface area contributed by atoms with E-state index in [9.17, 15) is 0 Å². The van der Waals surface area contributed by atoms with Crippen LogP contribution in [0.25, 0.3) is 5.65 Å². The van der Waals surface area contributed by atoms with Crippen molar-refractivity contribution in [2.75, 3.05) is 37.0 Å². The monoisotopic (exact) mass is 386 g/mol. The summed E-state index contributed by atoms with van der Waals surface area (Å²) in [5.74, 6) is 2.49. The standard InChI is InChI=1S/C17H22N8OS/c1-23(17-21-19-15(27-17)10-26-2)12-8-24(9-12)14-7-6-13-18-20-16(25(13)22-14)11-4-3-5-11/h6-7,11-12H,3-5,8-10H2,1-2H3. The lowest BCUT2D eigenvalue weighted by Crippen LogP contribution is -2.59. The molecule has 0 unspecified atom stereocenters. The van der Waals surface area contributed by atoms with Crippen LogP contribution in [0.15, 0.2) is 12.1 Å². The molecular weight excluding hydrogens is 364 g/mol. The molecule has 3 aromatic heterocycles. The van der Waals surface area contributed by atoms with Gasteiger partial charge in [-0.25, -0.2) is 0 Å². The van der Waals surface area contributed by atoms with Crippen molar-refractivity contribution < 1.29 is 4.74 Å². The molecule has 1 saturated carbocycles. The number of nitrogens with zero attached hydrogens (tertiary/aromatic N) is 8. The number of anilines is 2. The van der Waals surface area contributed by atoms with Crippen molar-refractivity contribution in [2.24, 2.45) is 0 Å². The molecule has 2 aliphatic rings. The largest absolute Gasteiger partial charge is 0.377 e. The number of hydrogen-bond donors (Lipinski definition) is 0. The number of ether oxygens (including phenoxy) is 1. The van der Waals surface area contributed by atoms with Gasteiger partial charge in [-0.05, 0) is 25.0 Å². The van der Waals surface area contributed by atoms with Gasteiger partial charge in [0.05, 0.1) is 6.04 Å². The number of methoxy groups -OCH3 is 1. The molecule has 0 radical (unpaired) electrons. The molecule has 0 atom stereocenters. The number of aromatic nitrogens is 6. The zero-order valence-electron chi connectivity index (χ0n) is 15.4. The molecule has 2 fully saturated rings. The Kier molecular flexibility index (Phi) is 4.16. The summed E-state index contributed by atoms with van der Waals surface area (Å²) in [7, 11) is 3.74. The van der Waals surface area contributed by atoms with Crippen LogP contribution in [0.3, 0.4) is 0 Å². The van der Waals surface area contributed by atoms with Crippen LogP contribution in [0.1, 0.15) is 36.0 Å². The van der Waals surface area contributed by atoms with Crippen LogP contribution in [0.5, 0.6) is 0 Å². The third-order valence-corrected chi connectivity index (χ3v) is 6.49. The van der Waals surface area contributed by atoms with E-state index in [1.807, 2.05) is 16.6 Å². The second kappa shape index (κ2) is 6.68. The van der Waals surface area contributed by atoms with Crippen LogP contribution in [0.4, 0.5) is 10.9 Å². The number of likely N-dealkylation sites (N-methyl/N-ethyl adjacent to an activating group) is 1. The zero-order valence-corrected chi connectivity index (χ0v) is 16.3. The molecule has 4 heterocycles. The molecule has 3 aromatic rings. The van der Waals surface area contributed by atoms with E-state index in [2.05, 4.69) is 37.2 Å². The molecule has 0 bridgehead atoms. The fraction of sp³-hybridized carbons (Fsp3) is 0.588. The highest BCUT2D eigenvalue weighted by molar-refractivity contribution is 7.15. The fourth-order valence-electron chi connectivity index (χ4n) is 3.50. The van der Waals surface area contributed by atoms with Crippen LogP contribution in [0.2, 0.25) is 0 Å². The zero-order chi connectivity index (χ0) is 18.4. The molecule has 1 saturated heterocycles. The van der Waals surface area contributed by atoms with E-state index in [-0.39, 0.29) is 0 Å². The fourth-order valence-corrected chi connectivity index (χ4v) is 4.34. The highest BCUT2D eigenvalue weighted by atomic mass is 32.1. The first-order valence-corrected chi connectivity index (χ1v) is 10.1. The molecule has 1 aliphatic heterocycles. The predicted octanol–water partition coefficient (Wildman–Crippen LogP) is 1.71. The Morgan fingerprint density at radius 3 is 2.78 bits per heavy atom. The van der Waals surface area contributed by atoms with Crippen LogP contribution in [-0.2, 0) is 11.3 Å². The summed E-state index contributed by atoms with van der Waals surface area (Å²) in [5.41, 5.74) is 0.828. The average molecular weight is 386 g/mol. The first-order valence-electron chi connectivity index (χ1n) is 9.24. The number of hydrogen-bond acceptors (Lipinski definition) is 9. The minimum atomic E-state index is 0.401. The van der Waals surface area contributed by atoms with E-state index >= 15 is 0 Å². The van der Waals surface area contributed by atoms with Gasteiger partial charge in [0, 0.05) is 33.2 Å². The maximum atomic E-state index is 5.12. The third kappa shape index (κ3) is 2.92. The van der Waals surface area contributed by atoms with Gasteiger partial charge in [-0.2, -0.15) is 4.52 Å². The smallest absolute Gasteiger partial charge is 0.208 e. The summed E-state index contributed by atoms with van der Waals surface area (Å²) >= 11 is 1.58. The highest BCUT2D eigenvalue weighted by Crippen LogP contribution is 2.35. The Morgan fingerprint density at radius 1 is 1.19 bits per heavy atom. The van der Waals surface area contributed by atoms with Gasteiger partial charge in [0.25, 0.3) is 0 Å². The van der Waals surface area contributed by atoms with Gasteiger partial charge in [0.1, 0.15) is 17.4 Å². The Hall–Kier alpha value is -2.33. The lowest BCUT2D eigenvalue weighted by molar-refractivity contribution is 0.184. The molecule has 1 aliphatic carbocycles. The number of rotatable bonds is 6. The van der Waals surface area contributed by atoms with Gasteiger partial charge in [-0.3, -0.25) is 0 Å². The average Bonchev–Trinajstić information content (AvgIpc) is 3.20. The third-order valence-electron chi connectivity index (χ3n) is 5.50. The molecule has 9 nitrogen and oxygen atoms in total. The molecule has 10 heteroatoms. The van der Waals surface area contributed by atoms with Crippen LogP contribution < -0.4 is 9.80 Å². The summed E-state index contributed by atoms with van der Waals surface area (Å²) in [6.45, 7) is 2.33. The summed E-state index contributed by atoms with van der Waals surface area (Å²) in [6.07, 6.45) is 3.66. The first-order chi connectivity index (χ1) is 13.2. The van der Waals surface area contributed by atoms with Crippen molar-refractivity contribution >= 4 is 27.9 Å². The van der Waals surface area contributed by atoms with Crippen molar-refractivity contribution in [1.29, 1.82) is 0 Å². The van der Waals surface area contributed by atoms with Crippen molar-refractivity contribution in [1.82, 2.24) is 30.0 Å². The van der Waals surface area contributed by atoms with E-state index in [4.69, 9.17) is 9.84 Å². The summed E-state index contributed by atoms with van der Waals surface area (Å²) in [4.78, 5) is 4.48. The normalized spacial score (nSPS) is 17.9. The van der Waals surface area contributed by atoms with Crippen molar-refractivity contribution in [3.63, 3.8) is 0 Å². The lowest BCUT2D eigenvalue weighted by atomic mass is 9.85. The molecule has 0 spiro atoms. The summed E-state index contributed by atoms with van der Waals surface area (Å²) in [6, 6.07) is 4.45. The van der Waals surface area contributed by atoms with Gasteiger partial charge in [0.15, 0.2) is 11.5 Å². The van der Waals surface area contributed by atoms with E-state index in [1.54, 1.807) is 18.4 Å². The molecular formula is C17H22N8OS. The van der Waals surface area contributed by atoms with Crippen LogP contribution in [-0.4, -0.2) is 63.3 Å². The summed E-state index contributed by atoms with van der Waals surface area (Å²) in [5, 5.41) is 23.7. The second-order valence-corrected chi connectivity index (χ2v) is 8.27. The van der Waals surface area contributed by atoms with Crippen LogP contribution in [0, 0.1) is 0 Å². The van der Waals surface area contributed by atoms with E-state index in [1.165, 1.54) is 19.3 Å². The van der Waals surface area contributed by atoms with Gasteiger partial charge in [-0.15, -0.1) is 25.5 Å². The molecule has 0 amide bonds. The molecule has 5 rings (SSSR count). The molecule has 27 heavy (non-hydrogen) atoms. The number of fused-ring (bicyclic) bond motifs is 1. The summed E-state index contributed by atoms with van der Waals surface area (Å²) < 4.78 is 7.05. The molecule has 142 valence electrons. The Morgan fingerprint density at radius 2 is 2.04 bits per heavy atom. The Balaban J connectivity index is 1.28. The van der Waals surface area contributed by atoms with E-state index < -0.39 is 0 Å². The van der Waals surface area contributed by atoms with Gasteiger partial charge in [0.2, 0.25) is 5.13 Å². The maximum absolute atomic E-state index is 5.12. The van der Waals surface area contributed by atoms with Crippen molar-refractivity contribution in [3.8, 4) is 0 Å². The molecule has 0 aromatic carbocycles. The lowest BCUT2D eigenvalue weighted by Gasteiger charge is -2.44. The van der Waals surface area contributed by atoms with E-state index in [0.29, 0.717) is 18.6 Å². The maximum Gasteiger partial charge on any atom is 0.208 e. The van der Waals surface area contributed by atoms with Crippen molar-refractivity contribution in [2.45, 2.75) is 37.8 Å². The van der Waals surface area contributed by atoms with Crippen molar-refractivity contribution in [3.05, 3.63) is 23.0 Å². The Bertz CT molecular complexity index is 945. The molecule has 0 N–H and O–H groups in total. The van der Waals surface area contributed by atoms with Gasteiger partial charge >= 0.3 is 0 Å². The predicted molar refractivity (Wildman–Crippen MR) is 102 cm³/mol. The minimum absolute atomic E-state index is 0.401. The SMILES string of the molecule is COCc1nnc(N(C)C2CN(c3ccc4nnc(C5CCC5)n4n3)C2)s1. The second-order valence-electron chi connectivity index (χ2n) is 7.23.